The van der Waals surface area contributed by atoms with Crippen LogP contribution in [0.25, 0.3) is 0 Å². The average Bonchev–Trinajstić information content (AvgIpc) is 3.10. The molecule has 0 aromatic heterocycles. The van der Waals surface area contributed by atoms with E-state index in [9.17, 15) is 0 Å². The van der Waals surface area contributed by atoms with Crippen LogP contribution in [0.2, 0.25) is 5.82 Å². The van der Waals surface area contributed by atoms with Crippen molar-refractivity contribution < 1.29 is 14.1 Å². The minimum absolute atomic E-state index is 0.435. The fourth-order valence-corrected chi connectivity index (χ4v) is 4.15. The summed E-state index contributed by atoms with van der Waals surface area (Å²) < 4.78 is 5.89. The van der Waals surface area contributed by atoms with Gasteiger partial charge in [0.1, 0.15) is 13.6 Å². The van der Waals surface area contributed by atoms with E-state index in [4.69, 9.17) is 22.0 Å². The lowest BCUT2D eigenvalue weighted by molar-refractivity contribution is -0.0987. The van der Waals surface area contributed by atoms with E-state index in [1.165, 1.54) is 19.3 Å². The first kappa shape index (κ1) is 23.5. The van der Waals surface area contributed by atoms with E-state index in [0.29, 0.717) is 5.82 Å². The third kappa shape index (κ3) is 12.5. The summed E-state index contributed by atoms with van der Waals surface area (Å²) in [5.41, 5.74) is 0. The topological polar surface area (TPSA) is 43.4 Å². The van der Waals surface area contributed by atoms with Crippen LogP contribution in [0.3, 0.4) is 0 Å². The Morgan fingerprint density at radius 3 is 2.05 bits per heavy atom. The van der Waals surface area contributed by atoms with Crippen molar-refractivity contribution in [2.45, 2.75) is 48.8 Å². The van der Waals surface area contributed by atoms with Crippen molar-refractivity contribution in [3.63, 3.8) is 0 Å². The Hall–Kier alpha value is 0.265. The van der Waals surface area contributed by atoms with Crippen LogP contribution in [0.1, 0.15) is 39.0 Å². The molecule has 0 aromatic carbocycles. The molecule has 1 saturated carbocycles. The van der Waals surface area contributed by atoms with Crippen LogP contribution < -0.4 is 0 Å². The molecule has 2 radical (unpaired) electrons. The van der Waals surface area contributed by atoms with E-state index >= 15 is 0 Å². The van der Waals surface area contributed by atoms with Gasteiger partial charge in [-0.05, 0) is 43.9 Å². The summed E-state index contributed by atoms with van der Waals surface area (Å²) in [5.74, 6) is 2.28. The Balaban J connectivity index is 0. The third-order valence-corrected chi connectivity index (χ3v) is 5.26. The molecule has 21 heavy (non-hydrogen) atoms. The Kier molecular flexibility index (Phi) is 18.6. The van der Waals surface area contributed by atoms with Crippen LogP contribution in [0, 0.1) is 11.8 Å². The fourth-order valence-electron chi connectivity index (χ4n) is 2.49. The van der Waals surface area contributed by atoms with Crippen molar-refractivity contribution in [1.29, 1.82) is 0 Å². The zero-order valence-electron chi connectivity index (χ0n) is 12.9. The average molecular weight is 424 g/mol. The van der Waals surface area contributed by atoms with Crippen LogP contribution in [-0.2, 0) is 14.1 Å². The Morgan fingerprint density at radius 1 is 1.24 bits per heavy atom. The lowest BCUT2D eigenvalue weighted by Crippen LogP contribution is -2.07. The van der Waals surface area contributed by atoms with Crippen molar-refractivity contribution in [2.24, 2.45) is 11.8 Å². The number of hydrogen-bond acceptors (Lipinski definition) is 3. The van der Waals surface area contributed by atoms with Crippen LogP contribution in [0.4, 0.5) is 0 Å². The summed E-state index contributed by atoms with van der Waals surface area (Å²) >= 11 is 2.59. The molecule has 0 amide bonds. The molecule has 2 aliphatic rings. The van der Waals surface area contributed by atoms with E-state index in [1.54, 1.807) is 0 Å². The van der Waals surface area contributed by atoms with Crippen molar-refractivity contribution in [3.05, 3.63) is 12.2 Å². The molecule has 0 aliphatic heterocycles. The van der Waals surface area contributed by atoms with Gasteiger partial charge in [0.15, 0.2) is 0 Å². The first-order chi connectivity index (χ1) is 10.1. The number of carbonyl (C=O) groups excluding carboxylic acids is 2. The van der Waals surface area contributed by atoms with Crippen molar-refractivity contribution >= 4 is 53.5 Å². The lowest BCUT2D eigenvalue weighted by Gasteiger charge is -2.12. The summed E-state index contributed by atoms with van der Waals surface area (Å²) in [6.45, 7) is 7.26. The number of hydrogen-bond donors (Lipinski definition) is 0. The molecule has 0 spiro atoms. The van der Waals surface area contributed by atoms with E-state index in [0.717, 1.165) is 35.2 Å². The zero-order valence-corrected chi connectivity index (χ0v) is 16.2. The van der Waals surface area contributed by atoms with Gasteiger partial charge in [-0.2, -0.15) is 0 Å². The fraction of sp³-hybridized carbons (Fsp3) is 0.733. The van der Waals surface area contributed by atoms with Gasteiger partial charge in [0.05, 0.1) is 14.5 Å². The zero-order chi connectivity index (χ0) is 16.7. The summed E-state index contributed by atoms with van der Waals surface area (Å²) in [7, 11) is 7.80. The molecule has 3 nitrogen and oxygen atoms in total. The normalized spacial score (nSPS) is 26.7. The van der Waals surface area contributed by atoms with Crippen LogP contribution in [0.5, 0.6) is 0 Å². The number of alkyl halides is 1. The van der Waals surface area contributed by atoms with Gasteiger partial charge < -0.3 is 14.1 Å². The molecular weight excluding hydrogens is 397 g/mol. The molecule has 4 atom stereocenters. The Labute approximate surface area is 146 Å². The van der Waals surface area contributed by atoms with E-state index in [-0.39, 0.29) is 0 Å². The van der Waals surface area contributed by atoms with Gasteiger partial charge in [-0.1, -0.05) is 47.5 Å². The van der Waals surface area contributed by atoms with Crippen molar-refractivity contribution in [3.8, 4) is 0 Å². The number of rotatable bonds is 3. The Bertz CT molecular complexity index is 259. The highest BCUT2D eigenvalue weighted by atomic mass is 127. The quantitative estimate of drug-likeness (QED) is 0.227. The molecule has 1 fully saturated rings. The van der Waals surface area contributed by atoms with Crippen molar-refractivity contribution in [1.82, 2.24) is 0 Å². The summed E-state index contributed by atoms with van der Waals surface area (Å²) in [4.78, 5) is 16.0. The number of halogens is 1. The largest absolute Gasteiger partial charge is 0.366 e. The molecule has 6 heteroatoms. The van der Waals surface area contributed by atoms with Gasteiger partial charge in [0.2, 0.25) is 0 Å². The molecule has 2 aliphatic carbocycles. The number of carbonyl (C=O) groups is 2. The molecule has 0 N–H and O–H groups in total. The van der Waals surface area contributed by atoms with Gasteiger partial charge >= 0.3 is 0 Å². The molecule has 120 valence electrons. The second-order valence-corrected chi connectivity index (χ2v) is 7.15. The smallest absolute Gasteiger partial charge is 0.106 e. The molecule has 0 heterocycles. The summed E-state index contributed by atoms with van der Waals surface area (Å²) in [6.07, 6.45) is 10.5. The second-order valence-electron chi connectivity index (χ2n) is 5.22. The molecule has 0 saturated heterocycles. The highest BCUT2D eigenvalue weighted by Gasteiger charge is 2.29. The highest BCUT2D eigenvalue weighted by Crippen LogP contribution is 2.38. The Morgan fingerprint density at radius 2 is 1.76 bits per heavy atom. The predicted molar refractivity (Wildman–Crippen MR) is 102 cm³/mol. The van der Waals surface area contributed by atoms with Crippen LogP contribution in [-0.4, -0.2) is 32.0 Å². The van der Waals surface area contributed by atoms with Gasteiger partial charge in [-0.3, -0.25) is 0 Å². The third-order valence-electron chi connectivity index (χ3n) is 3.49. The predicted octanol–water partition coefficient (Wildman–Crippen LogP) is 3.96. The van der Waals surface area contributed by atoms with Crippen LogP contribution in [0.15, 0.2) is 12.2 Å². The molecule has 0 bridgehead atoms. The van der Waals surface area contributed by atoms with Gasteiger partial charge in [-0.25, -0.2) is 0 Å². The summed E-state index contributed by atoms with van der Waals surface area (Å²) in [5, 5.41) is 0. The van der Waals surface area contributed by atoms with Crippen LogP contribution >= 0.6 is 32.1 Å². The maximum absolute atomic E-state index is 8.00. The van der Waals surface area contributed by atoms with E-state index in [2.05, 4.69) is 51.1 Å². The molecule has 2 rings (SSSR count). The minimum Gasteiger partial charge on any atom is -0.366 e. The molecule has 0 aromatic rings. The molecule has 4 unspecified atom stereocenters. The van der Waals surface area contributed by atoms with Crippen molar-refractivity contribution in [2.75, 3.05) is 6.61 Å². The highest BCUT2D eigenvalue weighted by molar-refractivity contribution is 14.1. The first-order valence-corrected chi connectivity index (χ1v) is 8.79. The lowest BCUT2D eigenvalue weighted by atomic mass is 9.86. The minimum atomic E-state index is 0.435. The maximum Gasteiger partial charge on any atom is 0.106 e. The standard InChI is InChI=1S/C8H16IOP.C5H7B.2CH2O/c1-6-4-7(2-3-10-11)8(9)5-6;6-5-3-1-2-4-5;2*1-2/h6-8H,2-5,11H2,1H3;1-2,5H,3-4H2;2*1H2. The van der Waals surface area contributed by atoms with E-state index < -0.39 is 0 Å². The maximum atomic E-state index is 8.00. The van der Waals surface area contributed by atoms with E-state index in [1.807, 2.05) is 13.6 Å². The monoisotopic (exact) mass is 424 g/mol. The second kappa shape index (κ2) is 16.6. The van der Waals surface area contributed by atoms with Gasteiger partial charge in [0.25, 0.3) is 0 Å². The SMILES string of the molecule is C=O.C=O.CC1CC(I)C(CCOP)C1.[B]C1CC=CC1. The van der Waals surface area contributed by atoms with Gasteiger partial charge in [-0.15, -0.1) is 0 Å². The first-order valence-electron chi connectivity index (χ1n) is 7.07. The summed E-state index contributed by atoms with van der Waals surface area (Å²) in [6, 6.07) is 0. The number of allylic oxidation sites excluding steroid dienone is 2. The van der Waals surface area contributed by atoms with Gasteiger partial charge in [0, 0.05) is 13.4 Å². The molecular formula is C15H27BIO3P.